The number of carbonyl (C=O) groups excluding carboxylic acids is 2. The van der Waals surface area contributed by atoms with Gasteiger partial charge in [-0.3, -0.25) is 9.59 Å². The number of ether oxygens (including phenoxy) is 1. The van der Waals surface area contributed by atoms with Crippen LogP contribution in [0.5, 0.6) is 0 Å². The van der Waals surface area contributed by atoms with E-state index in [4.69, 9.17) is 13.6 Å². The highest BCUT2D eigenvalue weighted by molar-refractivity contribution is 6.70. The Bertz CT molecular complexity index is 354. The van der Waals surface area contributed by atoms with Crippen LogP contribution in [0.4, 0.5) is 0 Å². The molecule has 0 saturated heterocycles. The van der Waals surface area contributed by atoms with Gasteiger partial charge in [0, 0.05) is 26.5 Å². The van der Waals surface area contributed by atoms with Crippen molar-refractivity contribution >= 4 is 20.5 Å². The maximum absolute atomic E-state index is 11.6. The van der Waals surface area contributed by atoms with Crippen molar-refractivity contribution in [3.05, 3.63) is 0 Å². The average Bonchev–Trinajstić information content (AvgIpc) is 2.43. The number of carbonyl (C=O) groups is 2. The van der Waals surface area contributed by atoms with Gasteiger partial charge in [0.15, 0.2) is 0 Å². The second kappa shape index (κ2) is 12.5. The molecule has 0 heterocycles. The fourth-order valence-corrected chi connectivity index (χ4v) is 5.89. The zero-order chi connectivity index (χ0) is 18.6. The Morgan fingerprint density at radius 2 is 1.54 bits per heavy atom. The normalized spacial score (nSPS) is 13.0. The topological polar surface area (TPSA) is 61.8 Å². The predicted molar refractivity (Wildman–Crippen MR) is 97.7 cm³/mol. The van der Waals surface area contributed by atoms with Gasteiger partial charge in [0.2, 0.25) is 0 Å². The van der Waals surface area contributed by atoms with Crippen LogP contribution in [0.15, 0.2) is 0 Å². The van der Waals surface area contributed by atoms with Crippen LogP contribution in [0.2, 0.25) is 6.04 Å². The zero-order valence-corrected chi connectivity index (χ0v) is 17.4. The van der Waals surface area contributed by atoms with Crippen molar-refractivity contribution in [1.29, 1.82) is 0 Å². The summed E-state index contributed by atoms with van der Waals surface area (Å²) < 4.78 is 16.9. The van der Waals surface area contributed by atoms with E-state index in [-0.39, 0.29) is 6.23 Å². The van der Waals surface area contributed by atoms with Crippen LogP contribution in [0, 0.1) is 11.8 Å². The standard InChI is InChI=1S/C18H36O5Si/c1-7-8-9-12-21-14-24(22-17(5)19,23-18(6)20)13-16(4)11-10-15(2)3/h15-16H,7-14H2,1-6H3. The van der Waals surface area contributed by atoms with E-state index in [1.807, 2.05) is 0 Å². The van der Waals surface area contributed by atoms with Crippen molar-refractivity contribution in [3.63, 3.8) is 0 Å². The third-order valence-corrected chi connectivity index (χ3v) is 7.05. The summed E-state index contributed by atoms with van der Waals surface area (Å²) in [4.78, 5) is 23.2. The molecule has 0 bridgehead atoms. The summed E-state index contributed by atoms with van der Waals surface area (Å²) in [7, 11) is -3.04. The van der Waals surface area contributed by atoms with Crippen molar-refractivity contribution in [1.82, 2.24) is 0 Å². The van der Waals surface area contributed by atoms with Crippen LogP contribution < -0.4 is 0 Å². The number of unbranched alkanes of at least 4 members (excludes halogenated alkanes) is 2. The minimum atomic E-state index is -3.04. The van der Waals surface area contributed by atoms with E-state index in [1.54, 1.807) is 0 Å². The molecular formula is C18H36O5Si. The molecule has 0 rings (SSSR count). The molecule has 6 heteroatoms. The molecule has 0 aliphatic carbocycles. The molecule has 0 aromatic rings. The zero-order valence-electron chi connectivity index (χ0n) is 16.4. The first kappa shape index (κ1) is 23.1. The molecule has 1 atom stereocenters. The highest BCUT2D eigenvalue weighted by Crippen LogP contribution is 2.25. The molecule has 0 saturated carbocycles. The van der Waals surface area contributed by atoms with Crippen LogP contribution >= 0.6 is 0 Å². The lowest BCUT2D eigenvalue weighted by Crippen LogP contribution is -2.51. The molecule has 24 heavy (non-hydrogen) atoms. The molecule has 0 amide bonds. The van der Waals surface area contributed by atoms with Gasteiger partial charge in [-0.05, 0) is 18.3 Å². The smallest absolute Gasteiger partial charge is 0.484 e. The molecule has 142 valence electrons. The van der Waals surface area contributed by atoms with Gasteiger partial charge in [-0.25, -0.2) is 0 Å². The van der Waals surface area contributed by atoms with Crippen LogP contribution in [0.25, 0.3) is 0 Å². The lowest BCUT2D eigenvalue weighted by atomic mass is 10.0. The fraction of sp³-hybridized carbons (Fsp3) is 0.889. The van der Waals surface area contributed by atoms with Gasteiger partial charge in [0.05, 0.1) is 0 Å². The first-order valence-corrected chi connectivity index (χ1v) is 11.4. The second-order valence-corrected chi connectivity index (χ2v) is 10.1. The van der Waals surface area contributed by atoms with Crippen molar-refractivity contribution in [3.8, 4) is 0 Å². The molecule has 0 fully saturated rings. The molecular weight excluding hydrogens is 324 g/mol. The van der Waals surface area contributed by atoms with Crippen molar-refractivity contribution < 1.29 is 23.2 Å². The summed E-state index contributed by atoms with van der Waals surface area (Å²) in [5.74, 6) is 0.125. The summed E-state index contributed by atoms with van der Waals surface area (Å²) in [6.07, 6.45) is 5.52. The summed E-state index contributed by atoms with van der Waals surface area (Å²) >= 11 is 0. The molecule has 0 aromatic heterocycles. The molecule has 0 aliphatic heterocycles. The van der Waals surface area contributed by atoms with Gasteiger partial charge < -0.3 is 13.6 Å². The number of hydrogen-bond donors (Lipinski definition) is 0. The Kier molecular flexibility index (Phi) is 12.0. The minimum Gasteiger partial charge on any atom is -0.484 e. The molecule has 5 nitrogen and oxygen atoms in total. The molecule has 0 aromatic carbocycles. The van der Waals surface area contributed by atoms with Gasteiger partial charge >= 0.3 is 8.56 Å². The Morgan fingerprint density at radius 3 is 2.00 bits per heavy atom. The Labute approximate surface area is 148 Å². The number of rotatable bonds is 13. The summed E-state index contributed by atoms with van der Waals surface area (Å²) in [5.41, 5.74) is 0. The van der Waals surface area contributed by atoms with Gasteiger partial charge in [0.1, 0.15) is 6.23 Å². The largest absolute Gasteiger partial charge is 0.491 e. The maximum atomic E-state index is 11.6. The fourth-order valence-electron chi connectivity index (χ4n) is 2.68. The summed E-state index contributed by atoms with van der Waals surface area (Å²) in [6.45, 7) is 12.0. The van der Waals surface area contributed by atoms with E-state index >= 15 is 0 Å². The van der Waals surface area contributed by atoms with E-state index in [0.29, 0.717) is 24.5 Å². The van der Waals surface area contributed by atoms with E-state index in [9.17, 15) is 9.59 Å². The van der Waals surface area contributed by atoms with Crippen LogP contribution in [0.1, 0.15) is 73.6 Å². The van der Waals surface area contributed by atoms with Crippen molar-refractivity contribution in [2.75, 3.05) is 12.8 Å². The van der Waals surface area contributed by atoms with Gasteiger partial charge in [-0.2, -0.15) is 0 Å². The lowest BCUT2D eigenvalue weighted by Gasteiger charge is -2.31. The van der Waals surface area contributed by atoms with Gasteiger partial charge in [-0.1, -0.05) is 53.4 Å². The lowest BCUT2D eigenvalue weighted by molar-refractivity contribution is -0.140. The van der Waals surface area contributed by atoms with E-state index in [1.165, 1.54) is 13.8 Å². The van der Waals surface area contributed by atoms with Crippen molar-refractivity contribution in [2.45, 2.75) is 79.7 Å². The average molecular weight is 361 g/mol. The van der Waals surface area contributed by atoms with Crippen molar-refractivity contribution in [2.24, 2.45) is 11.8 Å². The monoisotopic (exact) mass is 360 g/mol. The predicted octanol–water partition coefficient (Wildman–Crippen LogP) is 4.37. The Balaban J connectivity index is 4.90. The molecule has 0 N–H and O–H groups in total. The summed E-state index contributed by atoms with van der Waals surface area (Å²) in [5, 5.41) is 0. The van der Waals surface area contributed by atoms with Crippen LogP contribution in [0.3, 0.4) is 0 Å². The van der Waals surface area contributed by atoms with E-state index in [2.05, 4.69) is 27.7 Å². The highest BCUT2D eigenvalue weighted by atomic mass is 28.4. The molecule has 0 radical (unpaired) electrons. The van der Waals surface area contributed by atoms with E-state index < -0.39 is 20.5 Å². The van der Waals surface area contributed by atoms with Gasteiger partial charge in [0.25, 0.3) is 11.9 Å². The van der Waals surface area contributed by atoms with Gasteiger partial charge in [-0.15, -0.1) is 0 Å². The maximum Gasteiger partial charge on any atom is 0.491 e. The SMILES string of the molecule is CCCCCOC[Si](CC(C)CCC(C)C)(OC(C)=O)OC(C)=O. The molecule has 0 spiro atoms. The Morgan fingerprint density at radius 1 is 0.958 bits per heavy atom. The minimum absolute atomic E-state index is 0.224. The highest BCUT2D eigenvalue weighted by Gasteiger charge is 2.46. The van der Waals surface area contributed by atoms with Crippen LogP contribution in [-0.2, 0) is 23.2 Å². The summed E-state index contributed by atoms with van der Waals surface area (Å²) in [6, 6.07) is 0.590. The van der Waals surface area contributed by atoms with Crippen LogP contribution in [-0.4, -0.2) is 33.3 Å². The third kappa shape index (κ3) is 11.6. The molecule has 1 unspecified atom stereocenters. The first-order valence-electron chi connectivity index (χ1n) is 9.17. The quantitative estimate of drug-likeness (QED) is 0.360. The second-order valence-electron chi connectivity index (χ2n) is 7.14. The van der Waals surface area contributed by atoms with E-state index in [0.717, 1.165) is 32.1 Å². The number of hydrogen-bond acceptors (Lipinski definition) is 5. The Hall–Kier alpha value is -0.883. The molecule has 0 aliphatic rings. The third-order valence-electron chi connectivity index (χ3n) is 3.77. The first-order chi connectivity index (χ1) is 11.2.